The molecule has 0 radical (unpaired) electrons. The molecule has 2 aliphatic rings. The second-order valence-corrected chi connectivity index (χ2v) is 6.19. The number of piperazine rings is 1. The quantitative estimate of drug-likeness (QED) is 0.914. The lowest BCUT2D eigenvalue weighted by atomic mass is 9.94. The first-order valence-corrected chi connectivity index (χ1v) is 8.17. The number of nitrogens with one attached hydrogen (secondary N) is 1. The van der Waals surface area contributed by atoms with Gasteiger partial charge >= 0.3 is 0 Å². The number of nitrogens with zero attached hydrogens (tertiary/aromatic N) is 2. The van der Waals surface area contributed by atoms with Crippen LogP contribution in [0, 0.1) is 0 Å². The van der Waals surface area contributed by atoms with Gasteiger partial charge < -0.3 is 15.0 Å². The van der Waals surface area contributed by atoms with Crippen LogP contribution in [0.1, 0.15) is 24.9 Å². The first kappa shape index (κ1) is 14.8. The average molecular weight is 289 g/mol. The summed E-state index contributed by atoms with van der Waals surface area (Å²) < 4.78 is 6.03. The van der Waals surface area contributed by atoms with Gasteiger partial charge in [-0.15, -0.1) is 0 Å². The molecule has 1 N–H and O–H groups in total. The minimum Gasteiger partial charge on any atom is -0.492 e. The van der Waals surface area contributed by atoms with Crippen LogP contribution in [0.15, 0.2) is 24.3 Å². The fourth-order valence-electron chi connectivity index (χ4n) is 3.36. The smallest absolute Gasteiger partial charge is 0.124 e. The molecule has 21 heavy (non-hydrogen) atoms. The normalized spacial score (nSPS) is 27.1. The molecule has 0 aliphatic carbocycles. The van der Waals surface area contributed by atoms with Crippen molar-refractivity contribution in [2.24, 2.45) is 0 Å². The molecule has 0 bridgehead atoms. The largest absolute Gasteiger partial charge is 0.492 e. The fourth-order valence-corrected chi connectivity index (χ4v) is 3.36. The molecule has 1 saturated heterocycles. The number of benzene rings is 1. The molecule has 3 rings (SSSR count). The van der Waals surface area contributed by atoms with Gasteiger partial charge in [0.1, 0.15) is 12.4 Å². The fraction of sp³-hybridized carbons (Fsp3) is 0.647. The maximum Gasteiger partial charge on any atom is 0.124 e. The van der Waals surface area contributed by atoms with Gasteiger partial charge in [0.05, 0.1) is 12.1 Å². The van der Waals surface area contributed by atoms with Gasteiger partial charge in [-0.05, 0) is 26.1 Å². The number of para-hydroxylation sites is 1. The van der Waals surface area contributed by atoms with Crippen molar-refractivity contribution in [3.8, 4) is 5.75 Å². The van der Waals surface area contributed by atoms with Crippen LogP contribution in [0.4, 0.5) is 0 Å². The van der Waals surface area contributed by atoms with Crippen LogP contribution in [0.3, 0.4) is 0 Å². The average Bonchev–Trinajstić information content (AvgIpc) is 2.53. The third-order valence-corrected chi connectivity index (χ3v) is 4.67. The second kappa shape index (κ2) is 6.77. The van der Waals surface area contributed by atoms with Gasteiger partial charge in [0.15, 0.2) is 0 Å². The Labute approximate surface area is 128 Å². The van der Waals surface area contributed by atoms with Crippen molar-refractivity contribution in [1.29, 1.82) is 0 Å². The van der Waals surface area contributed by atoms with Crippen LogP contribution in [0.5, 0.6) is 5.75 Å². The zero-order chi connectivity index (χ0) is 14.7. The van der Waals surface area contributed by atoms with E-state index in [2.05, 4.69) is 53.4 Å². The number of fused-ring (bicyclic) bond motifs is 1. The number of hydrogen-bond acceptors (Lipinski definition) is 4. The first-order chi connectivity index (χ1) is 10.3. The highest BCUT2D eigenvalue weighted by Crippen LogP contribution is 2.34. The summed E-state index contributed by atoms with van der Waals surface area (Å²) in [6.45, 7) is 8.65. The molecule has 1 aromatic carbocycles. The lowest BCUT2D eigenvalue weighted by Gasteiger charge is -2.44. The number of hydrogen-bond donors (Lipinski definition) is 1. The topological polar surface area (TPSA) is 27.7 Å². The summed E-state index contributed by atoms with van der Waals surface area (Å²) in [5, 5.41) is 3.75. The summed E-state index contributed by atoms with van der Waals surface area (Å²) in [5.41, 5.74) is 1.32. The molecule has 1 fully saturated rings. The van der Waals surface area contributed by atoms with Gasteiger partial charge in [-0.3, -0.25) is 4.90 Å². The number of rotatable bonds is 4. The summed E-state index contributed by atoms with van der Waals surface area (Å²) in [4.78, 5) is 5.01. The van der Waals surface area contributed by atoms with Gasteiger partial charge in [0.25, 0.3) is 0 Å². The lowest BCUT2D eigenvalue weighted by molar-refractivity contribution is 0.0491. The van der Waals surface area contributed by atoms with Gasteiger partial charge in [-0.2, -0.15) is 0 Å². The number of likely N-dealkylation sites (N-methyl/N-ethyl adjacent to an activating group) is 1. The third-order valence-electron chi connectivity index (χ3n) is 4.67. The molecular formula is C17H27N3O. The maximum absolute atomic E-state index is 6.03. The van der Waals surface area contributed by atoms with Gasteiger partial charge in [0, 0.05) is 31.7 Å². The first-order valence-electron chi connectivity index (χ1n) is 8.17. The van der Waals surface area contributed by atoms with E-state index >= 15 is 0 Å². The van der Waals surface area contributed by atoms with E-state index in [-0.39, 0.29) is 0 Å². The van der Waals surface area contributed by atoms with Crippen LogP contribution in [-0.2, 0) is 0 Å². The van der Waals surface area contributed by atoms with Crippen molar-refractivity contribution < 1.29 is 4.74 Å². The van der Waals surface area contributed by atoms with Crippen LogP contribution in [0.2, 0.25) is 0 Å². The highest BCUT2D eigenvalue weighted by molar-refractivity contribution is 5.38. The minimum absolute atomic E-state index is 0.387. The monoisotopic (exact) mass is 289 g/mol. The maximum atomic E-state index is 6.03. The van der Waals surface area contributed by atoms with Crippen molar-refractivity contribution in [1.82, 2.24) is 15.1 Å². The van der Waals surface area contributed by atoms with Crippen LogP contribution in [-0.4, -0.2) is 62.2 Å². The highest BCUT2D eigenvalue weighted by Gasteiger charge is 2.35. The Morgan fingerprint density at radius 3 is 2.71 bits per heavy atom. The van der Waals surface area contributed by atoms with E-state index in [1.54, 1.807) is 0 Å². The SMILES string of the molecule is CCCNC1c2ccccc2OCC1N1CCN(C)CC1. The zero-order valence-corrected chi connectivity index (χ0v) is 13.2. The van der Waals surface area contributed by atoms with Crippen molar-refractivity contribution in [3.63, 3.8) is 0 Å². The third kappa shape index (κ3) is 3.23. The molecule has 2 atom stereocenters. The van der Waals surface area contributed by atoms with Crippen LogP contribution in [0.25, 0.3) is 0 Å². The highest BCUT2D eigenvalue weighted by atomic mass is 16.5. The van der Waals surface area contributed by atoms with Gasteiger partial charge in [-0.25, -0.2) is 0 Å². The standard InChI is InChI=1S/C17H27N3O/c1-3-8-18-17-14-6-4-5-7-16(14)21-13-15(17)20-11-9-19(2)10-12-20/h4-7,15,17-18H,3,8-13H2,1-2H3. The van der Waals surface area contributed by atoms with Crippen molar-refractivity contribution in [2.45, 2.75) is 25.4 Å². The van der Waals surface area contributed by atoms with E-state index in [0.717, 1.165) is 51.5 Å². The molecule has 4 nitrogen and oxygen atoms in total. The molecule has 0 aromatic heterocycles. The summed E-state index contributed by atoms with van der Waals surface area (Å²) in [7, 11) is 2.21. The van der Waals surface area contributed by atoms with E-state index < -0.39 is 0 Å². The number of ether oxygens (including phenoxy) is 1. The molecule has 0 saturated carbocycles. The zero-order valence-electron chi connectivity index (χ0n) is 13.2. The summed E-state index contributed by atoms with van der Waals surface area (Å²) in [6.07, 6.45) is 1.16. The van der Waals surface area contributed by atoms with E-state index in [0.29, 0.717) is 12.1 Å². The van der Waals surface area contributed by atoms with Crippen LogP contribution >= 0.6 is 0 Å². The molecule has 4 heteroatoms. The molecule has 0 spiro atoms. The van der Waals surface area contributed by atoms with Crippen molar-refractivity contribution in [3.05, 3.63) is 29.8 Å². The molecule has 116 valence electrons. The van der Waals surface area contributed by atoms with Gasteiger partial charge in [-0.1, -0.05) is 25.1 Å². The molecule has 1 aromatic rings. The molecule has 0 amide bonds. The Morgan fingerprint density at radius 2 is 1.95 bits per heavy atom. The van der Waals surface area contributed by atoms with E-state index in [1.165, 1.54) is 5.56 Å². The Kier molecular flexibility index (Phi) is 4.78. The second-order valence-electron chi connectivity index (χ2n) is 6.19. The van der Waals surface area contributed by atoms with Crippen molar-refractivity contribution in [2.75, 3.05) is 46.4 Å². The predicted octanol–water partition coefficient (Wildman–Crippen LogP) is 1.74. The van der Waals surface area contributed by atoms with E-state index in [1.807, 2.05) is 0 Å². The summed E-state index contributed by atoms with van der Waals surface area (Å²) >= 11 is 0. The Morgan fingerprint density at radius 1 is 1.19 bits per heavy atom. The summed E-state index contributed by atoms with van der Waals surface area (Å²) in [5.74, 6) is 1.05. The Bertz CT molecular complexity index is 457. The van der Waals surface area contributed by atoms with Crippen LogP contribution < -0.4 is 10.1 Å². The molecule has 2 aliphatic heterocycles. The van der Waals surface area contributed by atoms with E-state index in [4.69, 9.17) is 4.74 Å². The molecular weight excluding hydrogens is 262 g/mol. The van der Waals surface area contributed by atoms with Gasteiger partial charge in [0.2, 0.25) is 0 Å². The predicted molar refractivity (Wildman–Crippen MR) is 85.8 cm³/mol. The van der Waals surface area contributed by atoms with E-state index in [9.17, 15) is 0 Å². The molecule has 2 unspecified atom stereocenters. The minimum atomic E-state index is 0.387. The lowest BCUT2D eigenvalue weighted by Crippen LogP contribution is -2.56. The molecule has 2 heterocycles. The Balaban J connectivity index is 1.79. The Hall–Kier alpha value is -1.10. The van der Waals surface area contributed by atoms with Crippen molar-refractivity contribution >= 4 is 0 Å². The summed E-state index contributed by atoms with van der Waals surface area (Å²) in [6, 6.07) is 9.32.